The third-order valence-corrected chi connectivity index (χ3v) is 6.06. The van der Waals surface area contributed by atoms with Crippen LogP contribution in [-0.2, 0) is 13.1 Å². The number of halogens is 1. The van der Waals surface area contributed by atoms with Crippen LogP contribution < -0.4 is 21.7 Å². The number of allylic oxidation sites excluding steroid dienone is 4. The number of ether oxygens (including phenoxy) is 1. The molecule has 0 saturated heterocycles. The van der Waals surface area contributed by atoms with Crippen molar-refractivity contribution in [1.29, 1.82) is 0 Å². The number of aromatic carboxylic acids is 1. The highest BCUT2D eigenvalue weighted by Gasteiger charge is 2.15. The highest BCUT2D eigenvalue weighted by atomic mass is 35.5. The second kappa shape index (κ2) is 11.3. The molecule has 1 aliphatic carbocycles. The van der Waals surface area contributed by atoms with Gasteiger partial charge in [0.05, 0.1) is 16.3 Å². The highest BCUT2D eigenvalue weighted by Crippen LogP contribution is 2.31. The Labute approximate surface area is 216 Å². The summed E-state index contributed by atoms with van der Waals surface area (Å²) in [4.78, 5) is 48.1. The second-order valence-electron chi connectivity index (χ2n) is 8.62. The number of hydrogen-bond acceptors (Lipinski definition) is 6. The SMILES string of the molecule is CCCn1c(=O)[nH]/c(=N\c2ccc(Oc3ccc(C(=O)O)cn3)c(Cl)c2)n(CC2C=CC(C)=CC2)c1=O. The predicted molar refractivity (Wildman–Crippen MR) is 139 cm³/mol. The average Bonchev–Trinajstić information content (AvgIpc) is 2.87. The van der Waals surface area contributed by atoms with E-state index in [1.54, 1.807) is 12.1 Å². The number of H-pyrrole nitrogens is 1. The topological polar surface area (TPSA) is 132 Å². The first-order valence-electron chi connectivity index (χ1n) is 11.8. The number of rotatable bonds is 8. The van der Waals surface area contributed by atoms with Crippen molar-refractivity contribution >= 4 is 23.3 Å². The van der Waals surface area contributed by atoms with Gasteiger partial charge in [-0.15, -0.1) is 0 Å². The summed E-state index contributed by atoms with van der Waals surface area (Å²) < 4.78 is 8.31. The molecule has 2 aromatic heterocycles. The summed E-state index contributed by atoms with van der Waals surface area (Å²) in [5.41, 5.74) is 0.771. The van der Waals surface area contributed by atoms with Gasteiger partial charge in [0.25, 0.3) is 0 Å². The van der Waals surface area contributed by atoms with E-state index in [1.165, 1.54) is 39.1 Å². The summed E-state index contributed by atoms with van der Waals surface area (Å²) in [6, 6.07) is 7.53. The highest BCUT2D eigenvalue weighted by molar-refractivity contribution is 6.32. The summed E-state index contributed by atoms with van der Waals surface area (Å²) >= 11 is 6.40. The molecule has 2 heterocycles. The average molecular weight is 524 g/mol. The number of aromatic amines is 1. The molecule has 37 heavy (non-hydrogen) atoms. The lowest BCUT2D eigenvalue weighted by molar-refractivity contribution is 0.0696. The molecule has 1 aromatic carbocycles. The smallest absolute Gasteiger partial charge is 0.337 e. The molecule has 0 fully saturated rings. The first kappa shape index (κ1) is 25.9. The van der Waals surface area contributed by atoms with Gasteiger partial charge in [-0.25, -0.2) is 28.9 Å². The number of hydrogen-bond donors (Lipinski definition) is 2. The Morgan fingerprint density at radius 3 is 2.70 bits per heavy atom. The maximum absolute atomic E-state index is 13.2. The van der Waals surface area contributed by atoms with E-state index in [4.69, 9.17) is 21.4 Å². The van der Waals surface area contributed by atoms with Crippen LogP contribution in [0.5, 0.6) is 11.6 Å². The fraction of sp³-hybridized carbons (Fsp3) is 0.269. The normalized spacial score (nSPS) is 15.5. The van der Waals surface area contributed by atoms with Crippen LogP contribution in [0.4, 0.5) is 5.69 Å². The summed E-state index contributed by atoms with van der Waals surface area (Å²) in [5, 5.41) is 9.21. The molecule has 0 amide bonds. The van der Waals surface area contributed by atoms with Crippen molar-refractivity contribution < 1.29 is 14.6 Å². The van der Waals surface area contributed by atoms with Crippen LogP contribution in [0, 0.1) is 5.92 Å². The largest absolute Gasteiger partial charge is 0.478 e. The molecule has 11 heteroatoms. The summed E-state index contributed by atoms with van der Waals surface area (Å²) in [6.45, 7) is 4.57. The van der Waals surface area contributed by atoms with E-state index in [-0.39, 0.29) is 33.8 Å². The van der Waals surface area contributed by atoms with Gasteiger partial charge in [0.2, 0.25) is 11.5 Å². The molecule has 1 atom stereocenters. The lowest BCUT2D eigenvalue weighted by Gasteiger charge is -2.17. The zero-order valence-electron chi connectivity index (χ0n) is 20.3. The van der Waals surface area contributed by atoms with Crippen LogP contribution in [0.3, 0.4) is 0 Å². The van der Waals surface area contributed by atoms with Gasteiger partial charge in [-0.3, -0.25) is 9.55 Å². The van der Waals surface area contributed by atoms with Gasteiger partial charge < -0.3 is 9.84 Å². The molecule has 1 aliphatic rings. The second-order valence-corrected chi connectivity index (χ2v) is 9.03. The van der Waals surface area contributed by atoms with Crippen LogP contribution in [0.25, 0.3) is 0 Å². The van der Waals surface area contributed by atoms with Crippen molar-refractivity contribution in [3.8, 4) is 11.6 Å². The number of aromatic nitrogens is 4. The van der Waals surface area contributed by atoms with Crippen molar-refractivity contribution in [1.82, 2.24) is 19.1 Å². The molecule has 0 bridgehead atoms. The van der Waals surface area contributed by atoms with Crippen molar-refractivity contribution in [2.24, 2.45) is 10.9 Å². The number of carboxylic acid groups (broad SMARTS) is 1. The van der Waals surface area contributed by atoms with E-state index < -0.39 is 17.3 Å². The van der Waals surface area contributed by atoms with E-state index >= 15 is 0 Å². The maximum Gasteiger partial charge on any atom is 0.337 e. The Kier molecular flexibility index (Phi) is 7.88. The lowest BCUT2D eigenvalue weighted by Crippen LogP contribution is -2.50. The van der Waals surface area contributed by atoms with Crippen LogP contribution in [0.2, 0.25) is 5.02 Å². The minimum absolute atomic E-state index is 0.0330. The number of pyridine rings is 1. The molecule has 2 N–H and O–H groups in total. The predicted octanol–water partition coefficient (Wildman–Crippen LogP) is 4.04. The minimum atomic E-state index is -1.09. The summed E-state index contributed by atoms with van der Waals surface area (Å²) in [6.07, 6.45) is 8.78. The summed E-state index contributed by atoms with van der Waals surface area (Å²) in [5.74, 6) is -0.559. The van der Waals surface area contributed by atoms with E-state index in [0.29, 0.717) is 25.2 Å². The van der Waals surface area contributed by atoms with Crippen molar-refractivity contribution in [3.05, 3.63) is 97.5 Å². The molecule has 0 aliphatic heterocycles. The van der Waals surface area contributed by atoms with Crippen LogP contribution in [0.1, 0.15) is 37.0 Å². The van der Waals surface area contributed by atoms with Gasteiger partial charge in [-0.05, 0) is 49.9 Å². The molecular weight excluding hydrogens is 498 g/mol. The van der Waals surface area contributed by atoms with Crippen LogP contribution >= 0.6 is 11.6 Å². The standard InChI is InChI=1S/C26H26ClN5O5/c1-3-12-31-25(35)30-24(32(26(31)36)15-17-6-4-16(2)5-7-17)29-19-9-10-21(20(27)13-19)37-22-11-8-18(14-28-22)23(33)34/h4-6,8-11,13-14,17H,3,7,12,15H2,1-2H3,(H,33,34)(H,29,30,35). The first-order chi connectivity index (χ1) is 17.7. The van der Waals surface area contributed by atoms with Crippen LogP contribution in [0.15, 0.2) is 74.9 Å². The number of nitrogens with zero attached hydrogens (tertiary/aromatic N) is 4. The molecule has 4 rings (SSSR count). The third-order valence-electron chi connectivity index (χ3n) is 5.77. The van der Waals surface area contributed by atoms with Crippen molar-refractivity contribution in [2.45, 2.75) is 39.8 Å². The number of carbonyl (C=O) groups is 1. The van der Waals surface area contributed by atoms with E-state index in [2.05, 4.69) is 27.1 Å². The Morgan fingerprint density at radius 1 is 1.27 bits per heavy atom. The molecule has 0 radical (unpaired) electrons. The Morgan fingerprint density at radius 2 is 2.08 bits per heavy atom. The molecule has 0 saturated carbocycles. The molecule has 1 unspecified atom stereocenters. The van der Waals surface area contributed by atoms with E-state index in [1.807, 2.05) is 19.9 Å². The Bertz CT molecular complexity index is 1560. The number of carboxylic acids is 1. The fourth-order valence-electron chi connectivity index (χ4n) is 3.81. The maximum atomic E-state index is 13.2. The Hall–Kier alpha value is -4.18. The van der Waals surface area contributed by atoms with Crippen molar-refractivity contribution in [2.75, 3.05) is 0 Å². The molecule has 0 spiro atoms. The number of benzene rings is 1. The van der Waals surface area contributed by atoms with E-state index in [0.717, 1.165) is 6.42 Å². The van der Waals surface area contributed by atoms with E-state index in [9.17, 15) is 14.4 Å². The van der Waals surface area contributed by atoms with Crippen LogP contribution in [-0.4, -0.2) is 30.2 Å². The lowest BCUT2D eigenvalue weighted by atomic mass is 9.97. The van der Waals surface area contributed by atoms with Gasteiger partial charge >= 0.3 is 17.3 Å². The Balaban J connectivity index is 1.68. The zero-order valence-corrected chi connectivity index (χ0v) is 21.1. The van der Waals surface area contributed by atoms with Gasteiger partial charge in [0, 0.05) is 25.4 Å². The monoisotopic (exact) mass is 523 g/mol. The molecule has 192 valence electrons. The fourth-order valence-corrected chi connectivity index (χ4v) is 4.03. The zero-order chi connectivity index (χ0) is 26.5. The quantitative estimate of drug-likeness (QED) is 0.458. The molecule has 10 nitrogen and oxygen atoms in total. The molecule has 3 aromatic rings. The first-order valence-corrected chi connectivity index (χ1v) is 12.1. The van der Waals surface area contributed by atoms with Gasteiger partial charge in [-0.1, -0.05) is 42.3 Å². The third kappa shape index (κ3) is 6.15. The van der Waals surface area contributed by atoms with Gasteiger partial charge in [0.1, 0.15) is 5.75 Å². The number of nitrogens with one attached hydrogen (secondary N) is 1. The van der Waals surface area contributed by atoms with Gasteiger partial charge in [-0.2, -0.15) is 0 Å². The van der Waals surface area contributed by atoms with Gasteiger partial charge in [0.15, 0.2) is 0 Å². The summed E-state index contributed by atoms with van der Waals surface area (Å²) in [7, 11) is 0. The van der Waals surface area contributed by atoms with Crippen molar-refractivity contribution in [3.63, 3.8) is 0 Å². The minimum Gasteiger partial charge on any atom is -0.478 e. The molecular formula is C26H26ClN5O5.